The largest absolute Gasteiger partial charge is 0.481 e. The summed E-state index contributed by atoms with van der Waals surface area (Å²) in [6.45, 7) is 1.15. The SMILES string of the molecule is C[C@H](O)[C@H]1NC(=O)[C@@H](Cc2cnc[nH]2)CC(=O)[C@@H](CO)NC(=O)[C@@H](Cc2cnc[nH]2)NC(=O)[C@@H](NC(=O)CC[C@H](CC(=O)c2ccc(NCc3cnc4nc(N)[nH]c(=O)c4n3)cc2)C(=O)O)Cc2cn(nn2)CCCC[C@@H](C(=O)NCCOCCOCCOCC(=O)N[C@@H](CCCCNC(=O)CO/N=C/c2ccc(F)cc2)C(N)=O)NC(=O)[C@@H](C)NC1=O. The number of H-pyrrole nitrogens is 3. The minimum atomic E-state index is -1.76. The molecule has 46 heteroatoms. The zero-order valence-corrected chi connectivity index (χ0v) is 67.4. The van der Waals surface area contributed by atoms with Crippen LogP contribution in [0, 0.1) is 17.7 Å². The molecule has 20 N–H and O–H groups in total. The van der Waals surface area contributed by atoms with E-state index in [0.717, 1.165) is 0 Å². The summed E-state index contributed by atoms with van der Waals surface area (Å²) in [5, 5.41) is 70.3. The number of carbonyl (C=O) groups excluding carboxylic acids is 12. The van der Waals surface area contributed by atoms with E-state index in [1.54, 1.807) is 12.1 Å². The topological polar surface area (TPSA) is 664 Å². The molecule has 2 aromatic carbocycles. The van der Waals surface area contributed by atoms with Crippen molar-refractivity contribution in [3.05, 3.63) is 136 Å². The summed E-state index contributed by atoms with van der Waals surface area (Å²) in [5.74, 6) is -14.5. The number of aromatic amines is 3. The molecule has 10 atom stereocenters. The number of aliphatic hydroxyl groups excluding tert-OH is 2. The molecule has 6 heterocycles. The fourth-order valence-electron chi connectivity index (χ4n) is 12.3. The molecule has 123 heavy (non-hydrogen) atoms. The number of carbonyl (C=O) groups is 13. The number of oxime groups is 1. The highest BCUT2D eigenvalue weighted by atomic mass is 19.1. The molecular weight excluding hydrogens is 1620 g/mol. The number of halogens is 1. The monoisotopic (exact) mass is 1720 g/mol. The Morgan fingerprint density at radius 3 is 2.14 bits per heavy atom. The quantitative estimate of drug-likeness (QED) is 0.00764. The number of nitrogens with zero attached hydrogens (tertiary/aromatic N) is 9. The lowest BCUT2D eigenvalue weighted by Gasteiger charge is -2.27. The smallest absolute Gasteiger partial charge is 0.306 e. The summed E-state index contributed by atoms with van der Waals surface area (Å²) < 4.78 is 31.0. The van der Waals surface area contributed by atoms with E-state index in [2.05, 4.69) is 109 Å². The number of aliphatic hydroxyl groups is 2. The van der Waals surface area contributed by atoms with E-state index < -0.39 is 194 Å². The number of hydrogen-bond acceptors (Lipinski definition) is 30. The van der Waals surface area contributed by atoms with E-state index in [9.17, 15) is 86.8 Å². The van der Waals surface area contributed by atoms with Crippen LogP contribution in [0.3, 0.4) is 0 Å². The number of primary amides is 1. The zero-order chi connectivity index (χ0) is 88.7. The summed E-state index contributed by atoms with van der Waals surface area (Å²) in [4.78, 5) is 223. The number of unbranched alkanes of at least 4 members (excludes halogenated alkanes) is 1. The third kappa shape index (κ3) is 32.5. The molecule has 0 aliphatic carbocycles. The molecule has 10 amide bonds. The van der Waals surface area contributed by atoms with Gasteiger partial charge in [0.05, 0.1) is 101 Å². The number of ether oxygens (including phenoxy) is 3. The van der Waals surface area contributed by atoms with Crippen LogP contribution in [0.25, 0.3) is 11.2 Å². The van der Waals surface area contributed by atoms with Crippen molar-refractivity contribution in [1.29, 1.82) is 0 Å². The molecule has 1 aliphatic heterocycles. The van der Waals surface area contributed by atoms with Gasteiger partial charge >= 0.3 is 5.97 Å². The van der Waals surface area contributed by atoms with Gasteiger partial charge < -0.3 is 109 Å². The van der Waals surface area contributed by atoms with Gasteiger partial charge in [0.25, 0.3) is 11.5 Å². The fourth-order valence-corrected chi connectivity index (χ4v) is 12.3. The van der Waals surface area contributed by atoms with Gasteiger partial charge in [0.1, 0.15) is 54.7 Å². The Morgan fingerprint density at radius 2 is 1.45 bits per heavy atom. The van der Waals surface area contributed by atoms with Crippen LogP contribution in [0.5, 0.6) is 0 Å². The second-order valence-corrected chi connectivity index (χ2v) is 28.7. The fraction of sp³-hybridized carbons (Fsp3) is 0.481. The standard InChI is InChI=1S/C77H101FN24O21/c1-43-69(111)94-56(71(113)84-20-22-120-23-24-121-25-26-122-39-64(109)92-55(67(79)110)7-3-5-19-83-63(108)40-123-89-32-45-9-14-49(78)15-10-45)8-4-6-21-102-37-53(100-101-102)31-57(93-62(107)18-13-47(76(118)119)28-60(105)46-11-16-50(17-12-46)85-35-54-36-86-68-66(91-54)75(117)99-77(80)98-68)72(114)95-58(30-52-34-82-42-88-52)73(115)96-59(38-103)61(106)29-48(27-51-33-81-41-87-51)70(112)97-65(44(2)104)74(116)90-43/h9-12,14-17,32-34,36-37,41-44,47-48,55-59,65,85,103-104H,3-8,13,18-31,35,38-40H2,1-2H3,(H2,79,110)(H,81,87)(H,82,88)(H,83,108)(H,84,113)(H,90,116)(H,92,109)(H,93,107)(H,94,111)(H,95,114)(H,96,115)(H,97,112)(H,118,119)(H3,80,86,98,99,117)/b89-32+/t43-,44+,47-,48+,55+,56+,57+,58-,59-,65-/m1/s1. The second kappa shape index (κ2) is 49.3. The normalized spacial score (nSPS) is 18.7. The summed E-state index contributed by atoms with van der Waals surface area (Å²) in [6.07, 6.45) is 6.15. The van der Waals surface area contributed by atoms with E-state index in [0.29, 0.717) is 35.5 Å². The van der Waals surface area contributed by atoms with Gasteiger partial charge in [0.15, 0.2) is 29.3 Å². The summed E-state index contributed by atoms with van der Waals surface area (Å²) in [7, 11) is 0. The number of anilines is 2. The van der Waals surface area contributed by atoms with Crippen molar-refractivity contribution in [2.24, 2.45) is 22.7 Å². The number of nitrogens with one attached hydrogen (secondary N) is 13. The number of amides is 10. The zero-order valence-electron chi connectivity index (χ0n) is 67.4. The number of fused-ring (bicyclic) bond motifs is 3. The molecule has 0 fully saturated rings. The number of aryl methyl sites for hydroxylation is 1. The molecule has 5 aromatic heterocycles. The third-order valence-corrected chi connectivity index (χ3v) is 19.0. The maximum absolute atomic E-state index is 14.8. The first-order valence-corrected chi connectivity index (χ1v) is 39.4. The van der Waals surface area contributed by atoms with Gasteiger partial charge in [-0.15, -0.1) is 5.10 Å². The molecule has 2 bridgehead atoms. The minimum Gasteiger partial charge on any atom is -0.481 e. The van der Waals surface area contributed by atoms with Crippen LogP contribution < -0.4 is 70.2 Å². The van der Waals surface area contributed by atoms with Crippen LogP contribution in [0.15, 0.2) is 95.9 Å². The Bertz CT molecular complexity index is 4790. The van der Waals surface area contributed by atoms with Gasteiger partial charge in [-0.1, -0.05) is 22.5 Å². The highest BCUT2D eigenvalue weighted by molar-refractivity contribution is 6.00. The van der Waals surface area contributed by atoms with Crippen LogP contribution in [0.2, 0.25) is 0 Å². The van der Waals surface area contributed by atoms with Gasteiger partial charge in [-0.3, -0.25) is 76.8 Å². The number of nitrogen functional groups attached to an aromatic ring is 1. The number of rotatable bonds is 40. The molecule has 7 aromatic rings. The molecule has 45 nitrogen and oxygen atoms in total. The first kappa shape index (κ1) is 95.0. The van der Waals surface area contributed by atoms with Gasteiger partial charge in [0, 0.05) is 99.4 Å². The highest BCUT2D eigenvalue weighted by Crippen LogP contribution is 2.21. The molecule has 662 valence electrons. The first-order valence-electron chi connectivity index (χ1n) is 39.4. The third-order valence-electron chi connectivity index (χ3n) is 19.0. The number of nitrogens with two attached hydrogens (primary N) is 2. The van der Waals surface area contributed by atoms with Crippen LogP contribution in [-0.4, -0.2) is 267 Å². The van der Waals surface area contributed by atoms with Gasteiger partial charge in [-0.05, 0) is 101 Å². The van der Waals surface area contributed by atoms with Gasteiger partial charge in [-0.2, -0.15) is 4.98 Å². The van der Waals surface area contributed by atoms with E-state index in [-0.39, 0.29) is 138 Å². The van der Waals surface area contributed by atoms with E-state index in [1.165, 1.54) is 98.6 Å². The van der Waals surface area contributed by atoms with E-state index >= 15 is 0 Å². The number of aliphatic carboxylic acids is 1. The molecule has 8 rings (SSSR count). The van der Waals surface area contributed by atoms with Crippen LogP contribution in [0.4, 0.5) is 16.0 Å². The number of aromatic nitrogens is 11. The molecule has 0 unspecified atom stereocenters. The lowest BCUT2D eigenvalue weighted by Crippen LogP contribution is -2.59. The molecule has 0 radical (unpaired) electrons. The van der Waals surface area contributed by atoms with Crippen molar-refractivity contribution < 1.29 is 101 Å². The van der Waals surface area contributed by atoms with Crippen molar-refractivity contribution in [2.45, 2.75) is 159 Å². The summed E-state index contributed by atoms with van der Waals surface area (Å²) in [5.41, 5.74) is 12.9. The molecular formula is C77H101FN24O21. The number of benzene rings is 2. The van der Waals surface area contributed by atoms with Crippen molar-refractivity contribution in [3.63, 3.8) is 0 Å². The van der Waals surface area contributed by atoms with E-state index in [4.69, 9.17) is 30.5 Å². The van der Waals surface area contributed by atoms with Gasteiger partial charge in [0.2, 0.25) is 59.1 Å². The van der Waals surface area contributed by atoms with Crippen LogP contribution in [-0.2, 0) is 109 Å². The number of ketones is 2. The molecule has 0 saturated carbocycles. The van der Waals surface area contributed by atoms with Gasteiger partial charge in [-0.25, -0.2) is 24.3 Å². The van der Waals surface area contributed by atoms with Crippen LogP contribution >= 0.6 is 0 Å². The van der Waals surface area contributed by atoms with E-state index in [1.807, 2.05) is 0 Å². The predicted molar refractivity (Wildman–Crippen MR) is 430 cm³/mol. The maximum Gasteiger partial charge on any atom is 0.306 e. The maximum atomic E-state index is 14.8. The Balaban J connectivity index is 0.876. The van der Waals surface area contributed by atoms with Crippen molar-refractivity contribution >= 4 is 106 Å². The lowest BCUT2D eigenvalue weighted by molar-refractivity contribution is -0.142. The summed E-state index contributed by atoms with van der Waals surface area (Å²) in [6, 6.07) is 1.12. The average Bonchev–Trinajstić information content (AvgIpc) is 1.61. The number of imidazole rings is 2. The number of carboxylic acids is 1. The lowest BCUT2D eigenvalue weighted by atomic mass is 9.92. The highest BCUT2D eigenvalue weighted by Gasteiger charge is 2.37. The Kier molecular flexibility index (Phi) is 38.1. The Morgan fingerprint density at radius 1 is 0.740 bits per heavy atom. The predicted octanol–water partition coefficient (Wildman–Crippen LogP) is -3.60. The number of hydrogen-bond donors (Lipinski definition) is 18. The minimum absolute atomic E-state index is 0.0133. The Labute approximate surface area is 701 Å². The molecule has 0 saturated heterocycles. The van der Waals surface area contributed by atoms with Crippen LogP contribution in [0.1, 0.15) is 117 Å². The first-order chi connectivity index (χ1) is 59.1. The molecule has 1 aliphatic rings. The van der Waals surface area contributed by atoms with Crippen molar-refractivity contribution in [3.8, 4) is 0 Å². The van der Waals surface area contributed by atoms with Crippen molar-refractivity contribution in [2.75, 3.05) is 77.0 Å². The summed E-state index contributed by atoms with van der Waals surface area (Å²) >= 11 is 0. The average molecular weight is 1720 g/mol. The Hall–Kier alpha value is -13.5. The van der Waals surface area contributed by atoms with Crippen molar-refractivity contribution in [1.82, 2.24) is 103 Å². The second-order valence-electron chi connectivity index (χ2n) is 28.7. The number of Topliss-reactive ketones (excluding diaryl/α,β-unsaturated/α-hetero) is 2. The molecule has 0 spiro atoms. The number of carboxylic acid groups (broad SMARTS) is 1.